The lowest BCUT2D eigenvalue weighted by Gasteiger charge is -2.31. The summed E-state index contributed by atoms with van der Waals surface area (Å²) in [4.78, 5) is 14.7. The van der Waals surface area contributed by atoms with Gasteiger partial charge in [-0.2, -0.15) is 0 Å². The molecule has 1 unspecified atom stereocenters. The zero-order valence-electron chi connectivity index (χ0n) is 11.3. The summed E-state index contributed by atoms with van der Waals surface area (Å²) >= 11 is 1.41. The summed E-state index contributed by atoms with van der Waals surface area (Å²) in [5.41, 5.74) is 0. The molecule has 1 atom stereocenters. The molecule has 1 saturated heterocycles. The number of aliphatic hydroxyl groups excluding tert-OH is 1. The smallest absolute Gasteiger partial charge is 0.261 e. The highest BCUT2D eigenvalue weighted by Gasteiger charge is 2.18. The molecular weight excluding hydrogens is 260 g/mol. The largest absolute Gasteiger partial charge is 0.390 e. The summed E-state index contributed by atoms with van der Waals surface area (Å²) in [6, 6.07) is 3.64. The van der Waals surface area contributed by atoms with Crippen LogP contribution in [0.5, 0.6) is 0 Å². The summed E-state index contributed by atoms with van der Waals surface area (Å²) in [7, 11) is 0. The van der Waals surface area contributed by atoms with Gasteiger partial charge in [0.1, 0.15) is 0 Å². The molecule has 0 spiro atoms. The normalized spacial score (nSPS) is 19.3. The number of hydrogen-bond donors (Lipinski definition) is 2. The molecule has 2 rings (SSSR count). The summed E-state index contributed by atoms with van der Waals surface area (Å²) in [6.07, 6.45) is 1.92. The second kappa shape index (κ2) is 7.03. The van der Waals surface area contributed by atoms with Crippen LogP contribution in [0.2, 0.25) is 0 Å². The molecule has 4 nitrogen and oxygen atoms in total. The SMILES string of the molecule is CC1CCN(CC(O)CNC(=O)c2cccs2)CC1. The highest BCUT2D eigenvalue weighted by Crippen LogP contribution is 2.15. The van der Waals surface area contributed by atoms with Crippen LogP contribution in [0.25, 0.3) is 0 Å². The third-order valence-electron chi connectivity index (χ3n) is 3.59. The fourth-order valence-corrected chi connectivity index (χ4v) is 2.95. The first-order valence-electron chi connectivity index (χ1n) is 6.87. The van der Waals surface area contributed by atoms with Crippen molar-refractivity contribution in [3.8, 4) is 0 Å². The summed E-state index contributed by atoms with van der Waals surface area (Å²) < 4.78 is 0. The van der Waals surface area contributed by atoms with Crippen molar-refractivity contribution in [1.82, 2.24) is 10.2 Å². The first-order chi connectivity index (χ1) is 9.15. The van der Waals surface area contributed by atoms with Gasteiger partial charge in [0.15, 0.2) is 0 Å². The average molecular weight is 282 g/mol. The zero-order chi connectivity index (χ0) is 13.7. The molecule has 1 amide bonds. The molecule has 0 bridgehead atoms. The van der Waals surface area contributed by atoms with Crippen LogP contribution in [0.4, 0.5) is 0 Å². The maximum absolute atomic E-state index is 11.7. The van der Waals surface area contributed by atoms with Gasteiger partial charge in [0.25, 0.3) is 5.91 Å². The van der Waals surface area contributed by atoms with E-state index in [1.807, 2.05) is 11.4 Å². The molecule has 19 heavy (non-hydrogen) atoms. The van der Waals surface area contributed by atoms with E-state index in [1.165, 1.54) is 24.2 Å². The average Bonchev–Trinajstić information content (AvgIpc) is 2.93. The fourth-order valence-electron chi connectivity index (χ4n) is 2.31. The van der Waals surface area contributed by atoms with E-state index in [2.05, 4.69) is 17.1 Å². The number of nitrogens with zero attached hydrogens (tertiary/aromatic N) is 1. The van der Waals surface area contributed by atoms with Crippen LogP contribution < -0.4 is 5.32 Å². The molecule has 0 radical (unpaired) electrons. The quantitative estimate of drug-likeness (QED) is 0.862. The molecule has 2 heterocycles. The van der Waals surface area contributed by atoms with Gasteiger partial charge in [-0.1, -0.05) is 13.0 Å². The number of rotatable bonds is 5. The Bertz CT molecular complexity index is 386. The van der Waals surface area contributed by atoms with E-state index in [9.17, 15) is 9.90 Å². The first kappa shape index (κ1) is 14.5. The number of piperidine rings is 1. The van der Waals surface area contributed by atoms with Crippen molar-refractivity contribution in [2.45, 2.75) is 25.9 Å². The molecule has 1 fully saturated rings. The molecule has 0 saturated carbocycles. The maximum atomic E-state index is 11.7. The number of nitrogens with one attached hydrogen (secondary N) is 1. The minimum absolute atomic E-state index is 0.0960. The van der Waals surface area contributed by atoms with Gasteiger partial charge in [-0.25, -0.2) is 0 Å². The van der Waals surface area contributed by atoms with Gasteiger partial charge in [0.05, 0.1) is 11.0 Å². The lowest BCUT2D eigenvalue weighted by atomic mass is 9.99. The van der Waals surface area contributed by atoms with E-state index in [1.54, 1.807) is 6.07 Å². The third-order valence-corrected chi connectivity index (χ3v) is 4.46. The van der Waals surface area contributed by atoms with E-state index < -0.39 is 6.10 Å². The Morgan fingerprint density at radius 1 is 1.58 bits per heavy atom. The van der Waals surface area contributed by atoms with E-state index in [0.717, 1.165) is 19.0 Å². The number of carbonyl (C=O) groups is 1. The van der Waals surface area contributed by atoms with E-state index in [0.29, 0.717) is 18.0 Å². The topological polar surface area (TPSA) is 52.6 Å². The van der Waals surface area contributed by atoms with Gasteiger partial charge in [-0.3, -0.25) is 4.79 Å². The van der Waals surface area contributed by atoms with Crippen molar-refractivity contribution < 1.29 is 9.90 Å². The summed E-state index contributed by atoms with van der Waals surface area (Å²) in [5.74, 6) is 0.702. The van der Waals surface area contributed by atoms with Crippen molar-refractivity contribution in [2.75, 3.05) is 26.2 Å². The number of hydrogen-bond acceptors (Lipinski definition) is 4. The van der Waals surface area contributed by atoms with Crippen LogP contribution in [-0.2, 0) is 0 Å². The molecular formula is C14H22N2O2S. The van der Waals surface area contributed by atoms with Crippen LogP contribution in [0.3, 0.4) is 0 Å². The van der Waals surface area contributed by atoms with Gasteiger partial charge in [0, 0.05) is 13.1 Å². The number of amides is 1. The minimum Gasteiger partial charge on any atom is -0.390 e. The van der Waals surface area contributed by atoms with Crippen LogP contribution in [0.15, 0.2) is 17.5 Å². The second-order valence-corrected chi connectivity index (χ2v) is 6.27. The van der Waals surface area contributed by atoms with Gasteiger partial charge in [-0.05, 0) is 43.3 Å². The van der Waals surface area contributed by atoms with Crippen molar-refractivity contribution in [3.63, 3.8) is 0 Å². The summed E-state index contributed by atoms with van der Waals surface area (Å²) in [6.45, 7) is 5.35. The second-order valence-electron chi connectivity index (χ2n) is 5.32. The van der Waals surface area contributed by atoms with Gasteiger partial charge < -0.3 is 15.3 Å². The van der Waals surface area contributed by atoms with Crippen molar-refractivity contribution in [1.29, 1.82) is 0 Å². The van der Waals surface area contributed by atoms with Crippen molar-refractivity contribution in [2.24, 2.45) is 5.92 Å². The molecule has 2 N–H and O–H groups in total. The molecule has 0 aromatic carbocycles. The number of aliphatic hydroxyl groups is 1. The van der Waals surface area contributed by atoms with Crippen molar-refractivity contribution >= 4 is 17.2 Å². The predicted molar refractivity (Wildman–Crippen MR) is 77.5 cm³/mol. The molecule has 106 valence electrons. The van der Waals surface area contributed by atoms with Gasteiger partial charge in [-0.15, -0.1) is 11.3 Å². The molecule has 1 aromatic heterocycles. The Morgan fingerprint density at radius 2 is 2.32 bits per heavy atom. The Morgan fingerprint density at radius 3 is 2.95 bits per heavy atom. The lowest BCUT2D eigenvalue weighted by molar-refractivity contribution is 0.0798. The van der Waals surface area contributed by atoms with Crippen LogP contribution in [-0.4, -0.2) is 48.2 Å². The van der Waals surface area contributed by atoms with Gasteiger partial charge >= 0.3 is 0 Å². The van der Waals surface area contributed by atoms with E-state index in [-0.39, 0.29) is 5.91 Å². The molecule has 5 heteroatoms. The standard InChI is InChI=1S/C14H22N2O2S/c1-11-4-6-16(7-5-11)10-12(17)9-15-14(18)13-3-2-8-19-13/h2-3,8,11-12,17H,4-7,9-10H2,1H3,(H,15,18). The summed E-state index contributed by atoms with van der Waals surface area (Å²) in [5, 5.41) is 14.6. The Labute approximate surface area is 118 Å². The Balaban J connectivity index is 1.67. The lowest BCUT2D eigenvalue weighted by Crippen LogP contribution is -2.42. The first-order valence-corrected chi connectivity index (χ1v) is 7.75. The number of β-amino-alcohol motifs (C(OH)–C–C–N with tert-alkyl or cyclic N) is 1. The third kappa shape index (κ3) is 4.60. The van der Waals surface area contributed by atoms with Crippen LogP contribution in [0, 0.1) is 5.92 Å². The zero-order valence-corrected chi connectivity index (χ0v) is 12.2. The van der Waals surface area contributed by atoms with Crippen LogP contribution >= 0.6 is 11.3 Å². The molecule has 1 aliphatic rings. The van der Waals surface area contributed by atoms with Gasteiger partial charge in [0.2, 0.25) is 0 Å². The fraction of sp³-hybridized carbons (Fsp3) is 0.643. The van der Waals surface area contributed by atoms with Crippen molar-refractivity contribution in [3.05, 3.63) is 22.4 Å². The molecule has 1 aliphatic heterocycles. The maximum Gasteiger partial charge on any atom is 0.261 e. The Hall–Kier alpha value is -0.910. The number of likely N-dealkylation sites (tertiary alicyclic amines) is 1. The number of carbonyl (C=O) groups excluding carboxylic acids is 1. The van der Waals surface area contributed by atoms with E-state index in [4.69, 9.17) is 0 Å². The highest BCUT2D eigenvalue weighted by atomic mass is 32.1. The monoisotopic (exact) mass is 282 g/mol. The highest BCUT2D eigenvalue weighted by molar-refractivity contribution is 7.12. The minimum atomic E-state index is -0.489. The Kier molecular flexibility index (Phi) is 5.36. The predicted octanol–water partition coefficient (Wildman–Crippen LogP) is 1.57. The van der Waals surface area contributed by atoms with E-state index >= 15 is 0 Å². The molecule has 1 aromatic rings. The molecule has 0 aliphatic carbocycles. The van der Waals surface area contributed by atoms with Crippen LogP contribution in [0.1, 0.15) is 29.4 Å². The number of thiophene rings is 1.